The molecule has 0 saturated heterocycles. The van der Waals surface area contributed by atoms with Crippen molar-refractivity contribution >= 4 is 12.0 Å². The Kier molecular flexibility index (Phi) is 6.70. The molecule has 142 valence electrons. The van der Waals surface area contributed by atoms with E-state index in [2.05, 4.69) is 0 Å². The van der Waals surface area contributed by atoms with E-state index in [1.54, 1.807) is 31.2 Å². The van der Waals surface area contributed by atoms with E-state index in [4.69, 9.17) is 4.74 Å². The predicted molar refractivity (Wildman–Crippen MR) is 98.3 cm³/mol. The summed E-state index contributed by atoms with van der Waals surface area (Å²) in [6.07, 6.45) is 7.61. The van der Waals surface area contributed by atoms with E-state index < -0.39 is 19.1 Å². The number of carbonyl (C=O) groups excluding carboxylic acids is 1. The zero-order valence-corrected chi connectivity index (χ0v) is 15.1. The number of hydrogen-bond acceptors (Lipinski definition) is 6. The van der Waals surface area contributed by atoms with Gasteiger partial charge in [0.05, 0.1) is 32.0 Å². The lowest BCUT2D eigenvalue weighted by Crippen LogP contribution is -2.44. The standard InChI is InChI=1S/C20H21NO6/c1-13-20(26)16(12-23)15(11-22)10-21(13)19(25)6-4-3-5-14-7-8-17(24)18(9-14)27-2/h3-10,22-23H,11-12H2,1-2H3,(H-,24,25,26)/p+1. The zero-order valence-electron chi connectivity index (χ0n) is 15.1. The Morgan fingerprint density at radius 3 is 2.56 bits per heavy atom. The number of rotatable bonds is 6. The molecule has 0 bridgehead atoms. The Morgan fingerprint density at radius 2 is 1.93 bits per heavy atom. The fraction of sp³-hybridized carbons (Fsp3) is 0.200. The van der Waals surface area contributed by atoms with Crippen LogP contribution in [0.3, 0.4) is 0 Å². The van der Waals surface area contributed by atoms with Crippen molar-refractivity contribution in [1.29, 1.82) is 0 Å². The van der Waals surface area contributed by atoms with Crippen LogP contribution in [0.2, 0.25) is 0 Å². The molecule has 0 aliphatic heterocycles. The molecule has 7 heteroatoms. The van der Waals surface area contributed by atoms with Crippen LogP contribution >= 0.6 is 0 Å². The highest BCUT2D eigenvalue weighted by atomic mass is 16.5. The van der Waals surface area contributed by atoms with Crippen LogP contribution in [-0.4, -0.2) is 33.4 Å². The first kappa shape index (κ1) is 20.2. The van der Waals surface area contributed by atoms with Gasteiger partial charge in [-0.05, 0) is 17.7 Å². The number of aliphatic hydroxyl groups is 2. The number of aliphatic hydroxyl groups excluding tert-OH is 2. The summed E-state index contributed by atoms with van der Waals surface area (Å²) in [5.41, 5.74) is 1.51. The monoisotopic (exact) mass is 372 g/mol. The Balaban J connectivity index is 2.21. The lowest BCUT2D eigenvalue weighted by molar-refractivity contribution is -0.578. The summed E-state index contributed by atoms with van der Waals surface area (Å²) < 4.78 is 6.23. The molecule has 0 radical (unpaired) electrons. The molecule has 0 amide bonds. The van der Waals surface area contributed by atoms with Gasteiger partial charge in [0.2, 0.25) is 5.69 Å². The Bertz CT molecular complexity index is 902. The third-order valence-electron chi connectivity index (χ3n) is 4.07. The third-order valence-corrected chi connectivity index (χ3v) is 4.07. The van der Waals surface area contributed by atoms with Crippen LogP contribution in [0, 0.1) is 6.92 Å². The van der Waals surface area contributed by atoms with Crippen LogP contribution in [0.5, 0.6) is 17.2 Å². The second-order valence-corrected chi connectivity index (χ2v) is 5.74. The molecule has 0 fully saturated rings. The quantitative estimate of drug-likeness (QED) is 0.348. The van der Waals surface area contributed by atoms with Crippen molar-refractivity contribution in [2.75, 3.05) is 7.11 Å². The lowest BCUT2D eigenvalue weighted by atomic mass is 10.1. The summed E-state index contributed by atoms with van der Waals surface area (Å²) >= 11 is 0. The summed E-state index contributed by atoms with van der Waals surface area (Å²) in [5.74, 6) is -0.259. The molecule has 1 aromatic carbocycles. The third kappa shape index (κ3) is 4.52. The number of hydrogen-bond donors (Lipinski definition) is 4. The first-order chi connectivity index (χ1) is 12.9. The number of aromatic hydroxyl groups is 2. The molecule has 0 saturated carbocycles. The summed E-state index contributed by atoms with van der Waals surface area (Å²) in [6, 6.07) is 4.86. The van der Waals surface area contributed by atoms with E-state index in [1.165, 1.54) is 36.1 Å². The number of nitrogens with zero attached hydrogens (tertiary/aromatic N) is 1. The van der Waals surface area contributed by atoms with Crippen molar-refractivity contribution in [3.8, 4) is 17.2 Å². The number of carbonyl (C=O) groups is 1. The van der Waals surface area contributed by atoms with Gasteiger partial charge in [-0.1, -0.05) is 24.3 Å². The van der Waals surface area contributed by atoms with Crippen molar-refractivity contribution in [3.63, 3.8) is 0 Å². The maximum atomic E-state index is 12.4. The highest BCUT2D eigenvalue weighted by Crippen LogP contribution is 2.26. The van der Waals surface area contributed by atoms with Crippen molar-refractivity contribution in [2.24, 2.45) is 0 Å². The number of benzene rings is 1. The molecule has 4 N–H and O–H groups in total. The molecular weight excluding hydrogens is 350 g/mol. The van der Waals surface area contributed by atoms with E-state index in [9.17, 15) is 25.2 Å². The second-order valence-electron chi connectivity index (χ2n) is 5.74. The van der Waals surface area contributed by atoms with Crippen molar-refractivity contribution < 1.29 is 34.5 Å². The van der Waals surface area contributed by atoms with Crippen LogP contribution in [0.4, 0.5) is 0 Å². The lowest BCUT2D eigenvalue weighted by Gasteiger charge is -2.07. The maximum Gasteiger partial charge on any atom is 0.417 e. The van der Waals surface area contributed by atoms with Crippen LogP contribution < -0.4 is 9.30 Å². The largest absolute Gasteiger partial charge is 0.504 e. The molecule has 7 nitrogen and oxygen atoms in total. The molecule has 27 heavy (non-hydrogen) atoms. The summed E-state index contributed by atoms with van der Waals surface area (Å²) in [4.78, 5) is 12.4. The van der Waals surface area contributed by atoms with E-state index in [1.807, 2.05) is 0 Å². The van der Waals surface area contributed by atoms with Crippen molar-refractivity contribution in [1.82, 2.24) is 0 Å². The molecule has 0 unspecified atom stereocenters. The molecule has 1 aromatic heterocycles. The first-order valence-electron chi connectivity index (χ1n) is 8.16. The number of phenolic OH excluding ortho intramolecular Hbond substituents is 1. The average Bonchev–Trinajstić information content (AvgIpc) is 2.67. The summed E-state index contributed by atoms with van der Waals surface area (Å²) in [6.45, 7) is 0.690. The molecular formula is C20H22NO6+. The molecule has 0 atom stereocenters. The van der Waals surface area contributed by atoms with Gasteiger partial charge >= 0.3 is 5.91 Å². The van der Waals surface area contributed by atoms with E-state index in [0.717, 1.165) is 5.56 Å². The van der Waals surface area contributed by atoms with E-state index in [-0.39, 0.29) is 28.3 Å². The average molecular weight is 372 g/mol. The van der Waals surface area contributed by atoms with Gasteiger partial charge in [0.15, 0.2) is 23.4 Å². The van der Waals surface area contributed by atoms with Crippen molar-refractivity contribution in [2.45, 2.75) is 20.1 Å². The van der Waals surface area contributed by atoms with Crippen LogP contribution in [0.1, 0.15) is 27.2 Å². The van der Waals surface area contributed by atoms with Crippen LogP contribution in [-0.2, 0) is 13.2 Å². The number of phenols is 1. The van der Waals surface area contributed by atoms with E-state index >= 15 is 0 Å². The molecule has 2 aromatic rings. The minimum atomic E-state index is -0.438. The topological polar surface area (TPSA) is 111 Å². The number of methoxy groups -OCH3 is 1. The molecule has 0 aliphatic rings. The van der Waals surface area contributed by atoms with Crippen LogP contribution in [0.15, 0.2) is 42.6 Å². The Morgan fingerprint density at radius 1 is 1.19 bits per heavy atom. The number of aromatic nitrogens is 1. The number of pyridine rings is 1. The van der Waals surface area contributed by atoms with E-state index in [0.29, 0.717) is 5.75 Å². The number of allylic oxidation sites excluding steroid dienone is 3. The Hall–Kier alpha value is -3.16. The van der Waals surface area contributed by atoms with Gasteiger partial charge in [-0.15, -0.1) is 4.57 Å². The fourth-order valence-corrected chi connectivity index (χ4v) is 2.54. The molecule has 2 rings (SSSR count). The highest BCUT2D eigenvalue weighted by molar-refractivity contribution is 5.80. The minimum Gasteiger partial charge on any atom is -0.504 e. The predicted octanol–water partition coefficient (Wildman–Crippen LogP) is 1.60. The van der Waals surface area contributed by atoms with Gasteiger partial charge in [-0.25, -0.2) is 4.79 Å². The SMILES string of the molecule is COc1cc(C=CC=CC(=O)[n+]2cc(CO)c(CO)c(O)c2C)ccc1O. The van der Waals surface area contributed by atoms with Gasteiger partial charge in [0, 0.05) is 12.5 Å². The normalized spacial score (nSPS) is 11.4. The van der Waals surface area contributed by atoms with Gasteiger partial charge in [-0.3, -0.25) is 0 Å². The van der Waals surface area contributed by atoms with Gasteiger partial charge < -0.3 is 25.2 Å². The maximum absolute atomic E-state index is 12.4. The fourth-order valence-electron chi connectivity index (χ4n) is 2.54. The minimum absolute atomic E-state index is 0.0399. The second kappa shape index (κ2) is 8.98. The van der Waals surface area contributed by atoms with Crippen LogP contribution in [0.25, 0.3) is 6.08 Å². The van der Waals surface area contributed by atoms with Gasteiger partial charge in [0.1, 0.15) is 0 Å². The smallest absolute Gasteiger partial charge is 0.417 e. The molecule has 1 heterocycles. The highest BCUT2D eigenvalue weighted by Gasteiger charge is 2.24. The number of ether oxygens (including phenoxy) is 1. The van der Waals surface area contributed by atoms with Crippen molar-refractivity contribution in [3.05, 3.63) is 65.0 Å². The van der Waals surface area contributed by atoms with Gasteiger partial charge in [-0.2, -0.15) is 0 Å². The molecule has 0 aliphatic carbocycles. The summed E-state index contributed by atoms with van der Waals surface area (Å²) in [5, 5.41) is 38.4. The summed E-state index contributed by atoms with van der Waals surface area (Å²) in [7, 11) is 1.46. The molecule has 0 spiro atoms. The van der Waals surface area contributed by atoms with Gasteiger partial charge in [0.25, 0.3) is 0 Å². The first-order valence-corrected chi connectivity index (χ1v) is 8.16. The zero-order chi connectivity index (χ0) is 20.0. The Labute approximate surface area is 156 Å².